The summed E-state index contributed by atoms with van der Waals surface area (Å²) >= 11 is 0. The monoisotopic (exact) mass is 426 g/mol. The zero-order chi connectivity index (χ0) is 22.4. The number of carbonyl (C=O) groups is 2. The van der Waals surface area contributed by atoms with Crippen LogP contribution in [-0.2, 0) is 4.79 Å². The third kappa shape index (κ3) is 5.71. The Bertz CT molecular complexity index is 978. The molecule has 2 N–H and O–H groups in total. The van der Waals surface area contributed by atoms with Gasteiger partial charge in [0.25, 0.3) is 17.5 Å². The zero-order valence-corrected chi connectivity index (χ0v) is 17.6. The number of amides is 2. The average Bonchev–Trinajstić information content (AvgIpc) is 2.77. The Morgan fingerprint density at radius 1 is 1.26 bits per heavy atom. The van der Waals surface area contributed by atoms with Crippen molar-refractivity contribution >= 4 is 28.9 Å². The van der Waals surface area contributed by atoms with Gasteiger partial charge in [0, 0.05) is 43.5 Å². The predicted molar refractivity (Wildman–Crippen MR) is 118 cm³/mol. The highest BCUT2D eigenvalue weighted by atomic mass is 16.6. The van der Waals surface area contributed by atoms with Crippen molar-refractivity contribution in [3.63, 3.8) is 0 Å². The molecule has 2 aromatic rings. The van der Waals surface area contributed by atoms with Crippen LogP contribution in [0.15, 0.2) is 42.5 Å². The summed E-state index contributed by atoms with van der Waals surface area (Å²) in [7, 11) is 1.51. The molecule has 3 rings (SSSR count). The summed E-state index contributed by atoms with van der Waals surface area (Å²) in [5.74, 6) is 0.145. The fourth-order valence-corrected chi connectivity index (χ4v) is 3.57. The average molecular weight is 426 g/mol. The van der Waals surface area contributed by atoms with Gasteiger partial charge in [-0.15, -0.1) is 0 Å². The number of rotatable bonds is 7. The van der Waals surface area contributed by atoms with Crippen molar-refractivity contribution in [1.82, 2.24) is 5.32 Å². The molecule has 1 atom stereocenters. The van der Waals surface area contributed by atoms with Crippen LogP contribution in [0.1, 0.15) is 30.1 Å². The summed E-state index contributed by atoms with van der Waals surface area (Å²) < 4.78 is 5.37. The van der Waals surface area contributed by atoms with E-state index in [1.807, 2.05) is 4.90 Å². The van der Waals surface area contributed by atoms with Crippen LogP contribution in [0.25, 0.3) is 0 Å². The molecule has 0 spiro atoms. The first kappa shape index (κ1) is 22.1. The number of benzene rings is 2. The first-order chi connectivity index (χ1) is 14.9. The molecule has 0 bridgehead atoms. The van der Waals surface area contributed by atoms with Gasteiger partial charge in [-0.3, -0.25) is 19.7 Å². The molecule has 164 valence electrons. The molecule has 0 aliphatic carbocycles. The van der Waals surface area contributed by atoms with Crippen molar-refractivity contribution in [3.8, 4) is 5.75 Å². The van der Waals surface area contributed by atoms with E-state index in [1.165, 1.54) is 13.1 Å². The number of piperidine rings is 1. The van der Waals surface area contributed by atoms with Crippen molar-refractivity contribution in [3.05, 3.63) is 58.1 Å². The van der Waals surface area contributed by atoms with Crippen LogP contribution in [-0.4, -0.2) is 43.5 Å². The molecule has 31 heavy (non-hydrogen) atoms. The van der Waals surface area contributed by atoms with Gasteiger partial charge in [0.2, 0.25) is 0 Å². The molecule has 0 aromatic heterocycles. The second-order valence-electron chi connectivity index (χ2n) is 7.60. The number of nitro groups is 1. The summed E-state index contributed by atoms with van der Waals surface area (Å²) in [5, 5.41) is 16.8. The lowest BCUT2D eigenvalue weighted by Crippen LogP contribution is -2.34. The molecule has 1 heterocycles. The summed E-state index contributed by atoms with van der Waals surface area (Å²) in [6.07, 6.45) is 2.09. The molecule has 0 radical (unpaired) electrons. The molecule has 1 aliphatic heterocycles. The van der Waals surface area contributed by atoms with E-state index in [1.54, 1.807) is 36.4 Å². The largest absolute Gasteiger partial charge is 0.484 e. The number of carbonyl (C=O) groups excluding carboxylic acids is 2. The van der Waals surface area contributed by atoms with Crippen molar-refractivity contribution in [1.29, 1.82) is 0 Å². The Kier molecular flexibility index (Phi) is 7.07. The van der Waals surface area contributed by atoms with Gasteiger partial charge >= 0.3 is 0 Å². The minimum atomic E-state index is -0.467. The second kappa shape index (κ2) is 9.92. The molecule has 2 aromatic carbocycles. The molecule has 1 unspecified atom stereocenters. The molecule has 0 saturated carbocycles. The maximum atomic E-state index is 12.7. The third-order valence-electron chi connectivity index (χ3n) is 5.17. The number of nitro benzene ring substituents is 1. The van der Waals surface area contributed by atoms with E-state index in [-0.39, 0.29) is 23.8 Å². The standard InChI is InChI=1S/C22H26N4O5/c1-15-5-4-10-25(13-15)19-9-8-16(11-20(19)26(29)30)22(28)24-17-6-3-7-18(12-17)31-14-21(27)23-2/h3,6-9,11-12,15H,4-5,10,13-14H2,1-2H3,(H,23,27)(H,24,28). The number of hydrogen-bond donors (Lipinski definition) is 2. The molecular weight excluding hydrogens is 400 g/mol. The lowest BCUT2D eigenvalue weighted by Gasteiger charge is -2.32. The van der Waals surface area contributed by atoms with Crippen LogP contribution in [0.2, 0.25) is 0 Å². The predicted octanol–water partition coefficient (Wildman–Crippen LogP) is 3.21. The molecule has 1 aliphatic rings. The van der Waals surface area contributed by atoms with Crippen LogP contribution in [0, 0.1) is 16.0 Å². The minimum absolute atomic E-state index is 0.0792. The smallest absolute Gasteiger partial charge is 0.293 e. The number of nitrogens with zero attached hydrogens (tertiary/aromatic N) is 2. The van der Waals surface area contributed by atoms with Gasteiger partial charge in [-0.25, -0.2) is 0 Å². The van der Waals surface area contributed by atoms with Gasteiger partial charge < -0.3 is 20.3 Å². The fraction of sp³-hybridized carbons (Fsp3) is 0.364. The van der Waals surface area contributed by atoms with Gasteiger partial charge in [0.1, 0.15) is 11.4 Å². The van der Waals surface area contributed by atoms with Crippen molar-refractivity contribution < 1.29 is 19.2 Å². The maximum absolute atomic E-state index is 12.7. The summed E-state index contributed by atoms with van der Waals surface area (Å²) in [4.78, 5) is 37.3. The van der Waals surface area contributed by atoms with E-state index in [4.69, 9.17) is 4.74 Å². The summed E-state index contributed by atoms with van der Waals surface area (Å²) in [5.41, 5.74) is 1.11. The van der Waals surface area contributed by atoms with Crippen LogP contribution in [0.5, 0.6) is 5.75 Å². The zero-order valence-electron chi connectivity index (χ0n) is 17.6. The number of nitrogens with one attached hydrogen (secondary N) is 2. The van der Waals surface area contributed by atoms with E-state index in [0.29, 0.717) is 23.0 Å². The lowest BCUT2D eigenvalue weighted by atomic mass is 9.99. The van der Waals surface area contributed by atoms with E-state index in [0.717, 1.165) is 25.9 Å². The summed E-state index contributed by atoms with van der Waals surface area (Å²) in [6, 6.07) is 11.2. The van der Waals surface area contributed by atoms with Gasteiger partial charge in [-0.1, -0.05) is 13.0 Å². The first-order valence-electron chi connectivity index (χ1n) is 10.2. The van der Waals surface area contributed by atoms with Crippen molar-refractivity contribution in [2.45, 2.75) is 19.8 Å². The van der Waals surface area contributed by atoms with E-state index < -0.39 is 10.8 Å². The second-order valence-corrected chi connectivity index (χ2v) is 7.60. The molecular formula is C22H26N4O5. The number of hydrogen-bond acceptors (Lipinski definition) is 6. The quantitative estimate of drug-likeness (QED) is 0.519. The van der Waals surface area contributed by atoms with Crippen LogP contribution in [0.4, 0.5) is 17.1 Å². The third-order valence-corrected chi connectivity index (χ3v) is 5.17. The highest BCUT2D eigenvalue weighted by molar-refractivity contribution is 6.05. The van der Waals surface area contributed by atoms with Gasteiger partial charge in [0.15, 0.2) is 6.61 Å². The van der Waals surface area contributed by atoms with Gasteiger partial charge in [0.05, 0.1) is 4.92 Å². The Morgan fingerprint density at radius 3 is 2.77 bits per heavy atom. The molecule has 1 saturated heterocycles. The number of anilines is 2. The minimum Gasteiger partial charge on any atom is -0.484 e. The van der Waals surface area contributed by atoms with Gasteiger partial charge in [-0.2, -0.15) is 0 Å². The van der Waals surface area contributed by atoms with Crippen molar-refractivity contribution in [2.24, 2.45) is 5.92 Å². The van der Waals surface area contributed by atoms with Crippen LogP contribution in [0.3, 0.4) is 0 Å². The van der Waals surface area contributed by atoms with Crippen LogP contribution < -0.4 is 20.3 Å². The highest BCUT2D eigenvalue weighted by Crippen LogP contribution is 2.32. The van der Waals surface area contributed by atoms with E-state index in [9.17, 15) is 19.7 Å². The SMILES string of the molecule is CNC(=O)COc1cccc(NC(=O)c2ccc(N3CCCC(C)C3)c([N+](=O)[O-])c2)c1. The topological polar surface area (TPSA) is 114 Å². The Balaban J connectivity index is 1.75. The van der Waals surface area contributed by atoms with Crippen molar-refractivity contribution in [2.75, 3.05) is 37.0 Å². The molecule has 2 amide bonds. The maximum Gasteiger partial charge on any atom is 0.293 e. The van der Waals surface area contributed by atoms with E-state index >= 15 is 0 Å². The van der Waals surface area contributed by atoms with Crippen LogP contribution >= 0.6 is 0 Å². The molecule has 9 nitrogen and oxygen atoms in total. The van der Waals surface area contributed by atoms with E-state index in [2.05, 4.69) is 17.6 Å². The fourth-order valence-electron chi connectivity index (χ4n) is 3.57. The number of likely N-dealkylation sites (N-methyl/N-ethyl adjacent to an activating group) is 1. The molecule has 9 heteroatoms. The molecule has 1 fully saturated rings. The first-order valence-corrected chi connectivity index (χ1v) is 10.2. The van der Waals surface area contributed by atoms with Gasteiger partial charge in [-0.05, 0) is 43.0 Å². The Hall–Kier alpha value is -3.62. The Morgan fingerprint density at radius 2 is 2.06 bits per heavy atom. The Labute approximate surface area is 180 Å². The lowest BCUT2D eigenvalue weighted by molar-refractivity contribution is -0.384. The number of ether oxygens (including phenoxy) is 1. The normalized spacial score (nSPS) is 15.8. The summed E-state index contributed by atoms with van der Waals surface area (Å²) in [6.45, 7) is 3.51. The highest BCUT2D eigenvalue weighted by Gasteiger charge is 2.25.